The van der Waals surface area contributed by atoms with Crippen LogP contribution in [-0.2, 0) is 4.79 Å². The molecule has 25 heavy (non-hydrogen) atoms. The number of carbonyl (C=O) groups excluding carboxylic acids is 1. The van der Waals surface area contributed by atoms with E-state index in [1.165, 1.54) is 0 Å². The van der Waals surface area contributed by atoms with E-state index in [2.05, 4.69) is 25.0 Å². The minimum Gasteiger partial charge on any atom is -0.395 e. The van der Waals surface area contributed by atoms with Crippen LogP contribution in [0.5, 0.6) is 0 Å². The molecular weight excluding hydrogens is 318 g/mol. The molecule has 0 radical (unpaired) electrons. The summed E-state index contributed by atoms with van der Waals surface area (Å²) in [6.45, 7) is 6.84. The Hall–Kier alpha value is -1.70. The average Bonchev–Trinajstić information content (AvgIpc) is 2.64. The van der Waals surface area contributed by atoms with E-state index < -0.39 is 0 Å². The van der Waals surface area contributed by atoms with Crippen LogP contribution in [0.2, 0.25) is 0 Å². The van der Waals surface area contributed by atoms with E-state index in [9.17, 15) is 4.79 Å². The van der Waals surface area contributed by atoms with Crippen molar-refractivity contribution in [1.29, 1.82) is 0 Å². The van der Waals surface area contributed by atoms with Gasteiger partial charge in [-0.1, -0.05) is 6.07 Å². The fraction of sp³-hybridized carbons (Fsp3) is 0.667. The largest absolute Gasteiger partial charge is 0.395 e. The number of rotatable bonds is 6. The summed E-state index contributed by atoms with van der Waals surface area (Å²) in [5.74, 6) is 1.10. The zero-order valence-corrected chi connectivity index (χ0v) is 14.8. The number of nitrogens with one attached hydrogen (secondary N) is 1. The summed E-state index contributed by atoms with van der Waals surface area (Å²) < 4.78 is 0. The van der Waals surface area contributed by atoms with E-state index in [1.807, 2.05) is 24.4 Å². The molecular formula is C18H29N5O2. The number of pyridine rings is 1. The highest BCUT2D eigenvalue weighted by atomic mass is 16.3. The number of anilines is 1. The molecule has 1 aromatic rings. The lowest BCUT2D eigenvalue weighted by Crippen LogP contribution is -2.53. The van der Waals surface area contributed by atoms with Crippen molar-refractivity contribution >= 4 is 11.7 Å². The van der Waals surface area contributed by atoms with Gasteiger partial charge in [0.05, 0.1) is 13.2 Å². The first-order valence-electron chi connectivity index (χ1n) is 9.25. The van der Waals surface area contributed by atoms with E-state index >= 15 is 0 Å². The van der Waals surface area contributed by atoms with Crippen LogP contribution < -0.4 is 10.2 Å². The Morgan fingerprint density at radius 2 is 2.00 bits per heavy atom. The van der Waals surface area contributed by atoms with Crippen molar-refractivity contribution in [1.82, 2.24) is 20.1 Å². The molecule has 1 amide bonds. The minimum atomic E-state index is 0.114. The normalized spacial score (nSPS) is 22.8. The Morgan fingerprint density at radius 1 is 1.20 bits per heavy atom. The smallest absolute Gasteiger partial charge is 0.234 e. The molecule has 2 fully saturated rings. The van der Waals surface area contributed by atoms with Crippen molar-refractivity contribution < 1.29 is 9.90 Å². The number of hydrogen-bond acceptors (Lipinski definition) is 6. The molecule has 2 N–H and O–H groups in total. The van der Waals surface area contributed by atoms with Gasteiger partial charge in [-0.05, 0) is 25.0 Å². The predicted octanol–water partition coefficient (Wildman–Crippen LogP) is -0.223. The van der Waals surface area contributed by atoms with Crippen LogP contribution in [-0.4, -0.2) is 90.8 Å². The number of piperazine rings is 1. The van der Waals surface area contributed by atoms with E-state index in [0.29, 0.717) is 6.54 Å². The number of nitrogens with zero attached hydrogens (tertiary/aromatic N) is 4. The summed E-state index contributed by atoms with van der Waals surface area (Å²) in [6.07, 6.45) is 3.91. The number of aliphatic hydroxyl groups excluding tert-OH is 1. The fourth-order valence-electron chi connectivity index (χ4n) is 3.63. The average molecular weight is 347 g/mol. The molecule has 0 aliphatic carbocycles. The SMILES string of the molecule is O=C(CN1CCN(CCO)CC1)N[C@@H]1CCCN(c2ccccn2)C1. The predicted molar refractivity (Wildman–Crippen MR) is 97.6 cm³/mol. The molecule has 1 atom stereocenters. The topological polar surface area (TPSA) is 71.9 Å². The Bertz CT molecular complexity index is 534. The summed E-state index contributed by atoms with van der Waals surface area (Å²) in [7, 11) is 0. The maximum Gasteiger partial charge on any atom is 0.234 e. The van der Waals surface area contributed by atoms with Crippen LogP contribution in [0.3, 0.4) is 0 Å². The molecule has 2 aliphatic heterocycles. The highest BCUT2D eigenvalue weighted by molar-refractivity contribution is 5.78. The zero-order chi connectivity index (χ0) is 17.5. The lowest BCUT2D eigenvalue weighted by molar-refractivity contribution is -0.123. The van der Waals surface area contributed by atoms with Gasteiger partial charge in [0.25, 0.3) is 0 Å². The summed E-state index contributed by atoms with van der Waals surface area (Å²) in [4.78, 5) is 23.5. The summed E-state index contributed by atoms with van der Waals surface area (Å²) >= 11 is 0. The monoisotopic (exact) mass is 347 g/mol. The third kappa shape index (κ3) is 5.39. The zero-order valence-electron chi connectivity index (χ0n) is 14.8. The van der Waals surface area contributed by atoms with E-state index in [4.69, 9.17) is 5.11 Å². The Labute approximate surface area is 149 Å². The number of carbonyl (C=O) groups is 1. The maximum atomic E-state index is 12.4. The van der Waals surface area contributed by atoms with Crippen molar-refractivity contribution in [2.45, 2.75) is 18.9 Å². The molecule has 0 aromatic carbocycles. The number of piperidine rings is 1. The van der Waals surface area contributed by atoms with Crippen LogP contribution >= 0.6 is 0 Å². The molecule has 2 aliphatic rings. The Morgan fingerprint density at radius 3 is 2.72 bits per heavy atom. The van der Waals surface area contributed by atoms with E-state index in [-0.39, 0.29) is 18.6 Å². The van der Waals surface area contributed by atoms with Crippen LogP contribution in [0, 0.1) is 0 Å². The van der Waals surface area contributed by atoms with Gasteiger partial charge < -0.3 is 15.3 Å². The quantitative estimate of drug-likeness (QED) is 0.741. The Balaban J connectivity index is 1.42. The molecule has 138 valence electrons. The summed E-state index contributed by atoms with van der Waals surface area (Å²) in [5, 5.41) is 12.2. The number of amides is 1. The van der Waals surface area contributed by atoms with Gasteiger partial charge in [-0.25, -0.2) is 4.98 Å². The van der Waals surface area contributed by atoms with Gasteiger partial charge >= 0.3 is 0 Å². The molecule has 0 unspecified atom stereocenters. The lowest BCUT2D eigenvalue weighted by Gasteiger charge is -2.36. The van der Waals surface area contributed by atoms with Crippen molar-refractivity contribution in [2.24, 2.45) is 0 Å². The molecule has 1 aromatic heterocycles. The van der Waals surface area contributed by atoms with Gasteiger partial charge in [-0.3, -0.25) is 14.6 Å². The maximum absolute atomic E-state index is 12.4. The number of aromatic nitrogens is 1. The molecule has 7 heteroatoms. The molecule has 3 heterocycles. The molecule has 0 bridgehead atoms. The standard InChI is InChI=1S/C18H29N5O2/c24-13-12-21-8-10-22(11-9-21)15-18(25)20-16-4-3-7-23(14-16)17-5-1-2-6-19-17/h1-2,5-6,16,24H,3-4,7-15H2,(H,20,25)/t16-/m1/s1. The van der Waals surface area contributed by atoms with Crippen LogP contribution in [0.25, 0.3) is 0 Å². The minimum absolute atomic E-state index is 0.114. The van der Waals surface area contributed by atoms with E-state index in [1.54, 1.807) is 0 Å². The van der Waals surface area contributed by atoms with Gasteiger partial charge in [0, 0.05) is 58.1 Å². The molecule has 3 rings (SSSR count). The van der Waals surface area contributed by atoms with Crippen LogP contribution in [0.15, 0.2) is 24.4 Å². The highest BCUT2D eigenvalue weighted by Gasteiger charge is 2.24. The molecule has 0 saturated carbocycles. The second kappa shape index (κ2) is 9.12. The van der Waals surface area contributed by atoms with Crippen LogP contribution in [0.4, 0.5) is 5.82 Å². The number of hydrogen-bond donors (Lipinski definition) is 2. The third-order valence-electron chi connectivity index (χ3n) is 5.01. The van der Waals surface area contributed by atoms with Gasteiger partial charge in [-0.15, -0.1) is 0 Å². The molecule has 0 spiro atoms. The fourth-order valence-corrected chi connectivity index (χ4v) is 3.63. The van der Waals surface area contributed by atoms with Gasteiger partial charge in [0.2, 0.25) is 5.91 Å². The number of aliphatic hydroxyl groups is 1. The van der Waals surface area contributed by atoms with Crippen molar-refractivity contribution in [3.63, 3.8) is 0 Å². The molecule has 7 nitrogen and oxygen atoms in total. The first-order chi connectivity index (χ1) is 12.2. The van der Waals surface area contributed by atoms with E-state index in [0.717, 1.165) is 64.5 Å². The van der Waals surface area contributed by atoms with Gasteiger partial charge in [0.1, 0.15) is 5.82 Å². The summed E-state index contributed by atoms with van der Waals surface area (Å²) in [5.41, 5.74) is 0. The first-order valence-corrected chi connectivity index (χ1v) is 9.25. The van der Waals surface area contributed by atoms with Crippen molar-refractivity contribution in [3.05, 3.63) is 24.4 Å². The Kier molecular flexibility index (Phi) is 6.61. The second-order valence-corrected chi connectivity index (χ2v) is 6.88. The van der Waals surface area contributed by atoms with Gasteiger partial charge in [0.15, 0.2) is 0 Å². The van der Waals surface area contributed by atoms with Crippen molar-refractivity contribution in [3.8, 4) is 0 Å². The van der Waals surface area contributed by atoms with Gasteiger partial charge in [-0.2, -0.15) is 0 Å². The third-order valence-corrected chi connectivity index (χ3v) is 5.01. The highest BCUT2D eigenvalue weighted by Crippen LogP contribution is 2.17. The molecule has 2 saturated heterocycles. The summed E-state index contributed by atoms with van der Waals surface area (Å²) in [6, 6.07) is 6.14. The second-order valence-electron chi connectivity index (χ2n) is 6.88. The van der Waals surface area contributed by atoms with Crippen LogP contribution in [0.1, 0.15) is 12.8 Å². The first kappa shape index (κ1) is 18.1. The lowest BCUT2D eigenvalue weighted by atomic mass is 10.1. The number of β-amino-alcohol motifs (C(OH)–C–C–N with tert-alkyl or cyclic N) is 1. The van der Waals surface area contributed by atoms with Crippen molar-refractivity contribution in [2.75, 3.05) is 63.9 Å².